The highest BCUT2D eigenvalue weighted by molar-refractivity contribution is 9.10. The summed E-state index contributed by atoms with van der Waals surface area (Å²) in [5.74, 6) is 0. The van der Waals surface area contributed by atoms with Gasteiger partial charge in [0.1, 0.15) is 10.2 Å². The van der Waals surface area contributed by atoms with Gasteiger partial charge in [-0.15, -0.1) is 21.6 Å². The molecule has 2 aromatic rings. The van der Waals surface area contributed by atoms with E-state index >= 15 is 0 Å². The van der Waals surface area contributed by atoms with E-state index in [2.05, 4.69) is 31.1 Å². The van der Waals surface area contributed by atoms with Crippen LogP contribution in [0.2, 0.25) is 0 Å². The van der Waals surface area contributed by atoms with E-state index in [1.54, 1.807) is 19.2 Å². The fourth-order valence-corrected chi connectivity index (χ4v) is 6.38. The molecule has 4 rings (SSSR count). The Morgan fingerprint density at radius 3 is 2.36 bits per heavy atom. The van der Waals surface area contributed by atoms with Gasteiger partial charge in [0.05, 0.1) is 4.88 Å². The van der Waals surface area contributed by atoms with Crippen LogP contribution >= 0.6 is 39.0 Å². The van der Waals surface area contributed by atoms with Gasteiger partial charge in [-0.1, -0.05) is 23.9 Å². The quantitative estimate of drug-likeness (QED) is 0.520. The number of ether oxygens (including phenoxy) is 2. The number of thiazole rings is 1. The van der Waals surface area contributed by atoms with Crippen LogP contribution in [0.4, 0.5) is 13.2 Å². The summed E-state index contributed by atoms with van der Waals surface area (Å²) in [4.78, 5) is 6.35. The van der Waals surface area contributed by atoms with Crippen molar-refractivity contribution < 1.29 is 22.6 Å². The highest BCUT2D eigenvalue weighted by Gasteiger charge is 2.65. The summed E-state index contributed by atoms with van der Waals surface area (Å²) in [6.07, 6.45) is -3.03. The SMILES string of the molecule is COC1(c2sc(Sc3ccc(C4(C(F)(F)F)N=N4)cc3)nc2Br)CCOCC1. The Hall–Kier alpha value is -1.01. The van der Waals surface area contributed by atoms with Crippen LogP contribution < -0.4 is 0 Å². The number of benzene rings is 1. The van der Waals surface area contributed by atoms with E-state index in [-0.39, 0.29) is 5.56 Å². The summed E-state index contributed by atoms with van der Waals surface area (Å²) < 4.78 is 52.1. The fourth-order valence-electron chi connectivity index (χ4n) is 3.13. The average molecular weight is 494 g/mol. The van der Waals surface area contributed by atoms with Crippen molar-refractivity contribution in [2.75, 3.05) is 20.3 Å². The summed E-state index contributed by atoms with van der Waals surface area (Å²) in [5, 5.41) is 6.45. The van der Waals surface area contributed by atoms with Gasteiger partial charge in [-0.2, -0.15) is 13.2 Å². The molecule has 0 aliphatic carbocycles. The second-order valence-corrected chi connectivity index (χ2v) is 9.48. The third-order valence-corrected chi connectivity index (χ3v) is 7.97. The zero-order chi connectivity index (χ0) is 20.0. The van der Waals surface area contributed by atoms with Crippen LogP contribution in [-0.2, 0) is 20.7 Å². The second kappa shape index (κ2) is 7.35. The Morgan fingerprint density at radius 1 is 1.18 bits per heavy atom. The monoisotopic (exact) mass is 493 g/mol. The van der Waals surface area contributed by atoms with Crippen LogP contribution in [0.5, 0.6) is 0 Å². The van der Waals surface area contributed by atoms with Crippen LogP contribution in [0.15, 0.2) is 48.3 Å². The second-order valence-electron chi connectivity index (χ2n) is 6.41. The number of rotatable bonds is 5. The van der Waals surface area contributed by atoms with Gasteiger partial charge in [-0.25, -0.2) is 4.98 Å². The topological polar surface area (TPSA) is 56.1 Å². The van der Waals surface area contributed by atoms with Gasteiger partial charge in [-0.3, -0.25) is 0 Å². The van der Waals surface area contributed by atoms with Crippen molar-refractivity contribution in [2.45, 2.75) is 39.5 Å². The molecule has 11 heteroatoms. The lowest BCUT2D eigenvalue weighted by Crippen LogP contribution is -2.35. The maximum Gasteiger partial charge on any atom is 0.442 e. The number of hydrogen-bond acceptors (Lipinski definition) is 7. The predicted molar refractivity (Wildman–Crippen MR) is 102 cm³/mol. The van der Waals surface area contributed by atoms with Crippen molar-refractivity contribution in [3.63, 3.8) is 0 Å². The first-order valence-electron chi connectivity index (χ1n) is 8.39. The zero-order valence-electron chi connectivity index (χ0n) is 14.6. The van der Waals surface area contributed by atoms with Gasteiger partial charge in [0.15, 0.2) is 4.34 Å². The van der Waals surface area contributed by atoms with E-state index < -0.39 is 17.4 Å². The maximum atomic E-state index is 13.1. The molecule has 0 radical (unpaired) electrons. The Morgan fingerprint density at radius 2 is 1.82 bits per heavy atom. The van der Waals surface area contributed by atoms with E-state index in [1.807, 2.05) is 0 Å². The summed E-state index contributed by atoms with van der Waals surface area (Å²) in [6.45, 7) is 1.25. The first-order valence-corrected chi connectivity index (χ1v) is 10.8. The van der Waals surface area contributed by atoms with Gasteiger partial charge in [0.2, 0.25) is 0 Å². The Labute approximate surface area is 175 Å². The first kappa shape index (κ1) is 20.3. The number of methoxy groups -OCH3 is 1. The van der Waals surface area contributed by atoms with Crippen molar-refractivity contribution in [3.8, 4) is 0 Å². The largest absolute Gasteiger partial charge is 0.442 e. The highest BCUT2D eigenvalue weighted by atomic mass is 79.9. The van der Waals surface area contributed by atoms with Crippen molar-refractivity contribution in [3.05, 3.63) is 39.3 Å². The van der Waals surface area contributed by atoms with E-state index in [0.29, 0.717) is 13.2 Å². The van der Waals surface area contributed by atoms with Crippen LogP contribution in [-0.4, -0.2) is 31.5 Å². The molecule has 2 aliphatic rings. The molecule has 0 atom stereocenters. The third-order valence-electron chi connectivity index (χ3n) is 4.83. The third kappa shape index (κ3) is 3.51. The molecule has 0 saturated carbocycles. The Bertz CT molecular complexity index is 890. The van der Waals surface area contributed by atoms with Gasteiger partial charge in [0.25, 0.3) is 0 Å². The molecule has 0 bridgehead atoms. The standard InChI is InChI=1S/C17H15BrF3N3O2S2/c1-25-15(6-8-26-9-7-15)12-13(18)22-14(28-12)27-11-4-2-10(3-5-11)16(23-24-16)17(19,20)21/h2-5H,6-9H2,1H3. The van der Waals surface area contributed by atoms with Crippen LogP contribution in [0.25, 0.3) is 0 Å². The lowest BCUT2D eigenvalue weighted by Gasteiger charge is -2.35. The number of alkyl halides is 3. The smallest absolute Gasteiger partial charge is 0.381 e. The summed E-state index contributed by atoms with van der Waals surface area (Å²) in [5.41, 5.74) is -2.79. The molecule has 0 N–H and O–H groups in total. The lowest BCUT2D eigenvalue weighted by atomic mass is 9.93. The maximum absolute atomic E-state index is 13.1. The van der Waals surface area contributed by atoms with E-state index in [9.17, 15) is 13.2 Å². The number of nitrogens with zero attached hydrogens (tertiary/aromatic N) is 3. The Balaban J connectivity index is 1.53. The molecule has 1 aromatic heterocycles. The van der Waals surface area contributed by atoms with Crippen molar-refractivity contribution in [1.29, 1.82) is 0 Å². The minimum Gasteiger partial charge on any atom is -0.381 e. The Kier molecular flexibility index (Phi) is 5.32. The minimum atomic E-state index is -4.52. The molecule has 1 fully saturated rings. The van der Waals surface area contributed by atoms with E-state index in [4.69, 9.17) is 9.47 Å². The fraction of sp³-hybridized carbons (Fsp3) is 0.471. The van der Waals surface area contributed by atoms with E-state index in [1.165, 1.54) is 35.2 Å². The first-order chi connectivity index (χ1) is 13.3. The molecule has 0 unspecified atom stereocenters. The molecule has 1 aromatic carbocycles. The van der Waals surface area contributed by atoms with Gasteiger partial charge in [-0.05, 0) is 28.1 Å². The summed E-state index contributed by atoms with van der Waals surface area (Å²) >= 11 is 6.43. The van der Waals surface area contributed by atoms with E-state index in [0.717, 1.165) is 31.6 Å². The molecule has 150 valence electrons. The molecular formula is C17H15BrF3N3O2S2. The van der Waals surface area contributed by atoms with Crippen molar-refractivity contribution >= 4 is 39.0 Å². The zero-order valence-corrected chi connectivity index (χ0v) is 17.8. The number of aromatic nitrogens is 1. The molecule has 28 heavy (non-hydrogen) atoms. The minimum absolute atomic E-state index is 0.0194. The summed E-state index contributed by atoms with van der Waals surface area (Å²) in [6, 6.07) is 6.09. The predicted octanol–water partition coefficient (Wildman–Crippen LogP) is 5.89. The lowest BCUT2D eigenvalue weighted by molar-refractivity contribution is -0.166. The van der Waals surface area contributed by atoms with Crippen molar-refractivity contribution in [1.82, 2.24) is 4.98 Å². The van der Waals surface area contributed by atoms with Crippen LogP contribution in [0.1, 0.15) is 23.3 Å². The normalized spacial score (nSPS) is 20.3. The van der Waals surface area contributed by atoms with Gasteiger partial charge >= 0.3 is 11.8 Å². The number of hydrogen-bond donors (Lipinski definition) is 0. The molecule has 2 aliphatic heterocycles. The molecule has 1 saturated heterocycles. The highest BCUT2D eigenvalue weighted by Crippen LogP contribution is 2.52. The molecule has 5 nitrogen and oxygen atoms in total. The van der Waals surface area contributed by atoms with Gasteiger partial charge < -0.3 is 9.47 Å². The van der Waals surface area contributed by atoms with Crippen LogP contribution in [0.3, 0.4) is 0 Å². The molecule has 0 amide bonds. The number of halogens is 4. The molecule has 0 spiro atoms. The average Bonchev–Trinajstić information content (AvgIpc) is 3.42. The molecule has 3 heterocycles. The summed E-state index contributed by atoms with van der Waals surface area (Å²) in [7, 11) is 1.69. The van der Waals surface area contributed by atoms with Crippen LogP contribution in [0, 0.1) is 0 Å². The van der Waals surface area contributed by atoms with Gasteiger partial charge in [0, 0.05) is 43.6 Å². The molecular weight excluding hydrogens is 479 g/mol. The van der Waals surface area contributed by atoms with Crippen molar-refractivity contribution in [2.24, 2.45) is 10.2 Å².